The Kier molecular flexibility index (Phi) is 8.19. The lowest BCUT2D eigenvalue weighted by atomic mass is 10.1. The van der Waals surface area contributed by atoms with E-state index in [9.17, 15) is 4.79 Å². The molecule has 2 fully saturated rings. The number of hydrogen-bond donors (Lipinski definition) is 1. The first-order valence-corrected chi connectivity index (χ1v) is 11.7. The zero-order valence-electron chi connectivity index (χ0n) is 18.6. The van der Waals surface area contributed by atoms with Crippen LogP contribution in [0.2, 0.25) is 5.02 Å². The van der Waals surface area contributed by atoms with Gasteiger partial charge in [-0.3, -0.25) is 14.6 Å². The number of carbonyl (C=O) groups is 1. The molecule has 1 amide bonds. The van der Waals surface area contributed by atoms with Gasteiger partial charge < -0.3 is 14.8 Å². The van der Waals surface area contributed by atoms with Crippen molar-refractivity contribution < 1.29 is 14.3 Å². The molecule has 1 N–H and O–H groups in total. The molecule has 4 rings (SSSR count). The molecule has 174 valence electrons. The van der Waals surface area contributed by atoms with Crippen LogP contribution in [0.4, 0.5) is 0 Å². The van der Waals surface area contributed by atoms with E-state index in [-0.39, 0.29) is 18.1 Å². The second-order valence-corrected chi connectivity index (χ2v) is 9.01. The fourth-order valence-electron chi connectivity index (χ4n) is 4.34. The van der Waals surface area contributed by atoms with Gasteiger partial charge in [-0.05, 0) is 48.4 Å². The number of benzene rings is 2. The van der Waals surface area contributed by atoms with Crippen LogP contribution in [-0.2, 0) is 16.1 Å². The summed E-state index contributed by atoms with van der Waals surface area (Å²) in [6.45, 7) is 5.75. The Bertz CT molecular complexity index is 947. The van der Waals surface area contributed by atoms with Crippen LogP contribution in [0.1, 0.15) is 17.5 Å². The van der Waals surface area contributed by atoms with E-state index >= 15 is 0 Å². The minimum atomic E-state index is 0.00976. The number of nitriles is 1. The normalized spacial score (nSPS) is 20.7. The largest absolute Gasteiger partial charge is 0.494 e. The van der Waals surface area contributed by atoms with Crippen LogP contribution >= 0.6 is 11.6 Å². The highest BCUT2D eigenvalue weighted by molar-refractivity contribution is 6.30. The summed E-state index contributed by atoms with van der Waals surface area (Å²) >= 11 is 5.90. The van der Waals surface area contributed by atoms with Crippen molar-refractivity contribution in [2.24, 2.45) is 0 Å². The smallest absolute Gasteiger partial charge is 0.234 e. The van der Waals surface area contributed by atoms with E-state index in [4.69, 9.17) is 26.3 Å². The molecule has 0 aliphatic carbocycles. The first kappa shape index (κ1) is 23.5. The van der Waals surface area contributed by atoms with Gasteiger partial charge in [0.2, 0.25) is 5.91 Å². The van der Waals surface area contributed by atoms with Gasteiger partial charge in [-0.15, -0.1) is 0 Å². The van der Waals surface area contributed by atoms with Crippen molar-refractivity contribution in [3.05, 3.63) is 64.7 Å². The van der Waals surface area contributed by atoms with Crippen molar-refractivity contribution in [2.45, 2.75) is 25.2 Å². The SMILES string of the molecule is N#Cc1ccc(CNC(=O)CN2CC3CN(CCCOc4ccc(Cl)cc4)CC(C2)O3)cc1. The highest BCUT2D eigenvalue weighted by Gasteiger charge is 2.35. The van der Waals surface area contributed by atoms with Gasteiger partial charge in [0.1, 0.15) is 5.75 Å². The fraction of sp³-hybridized carbons (Fsp3) is 0.440. The van der Waals surface area contributed by atoms with Crippen molar-refractivity contribution in [1.29, 1.82) is 5.26 Å². The highest BCUT2D eigenvalue weighted by Crippen LogP contribution is 2.20. The molecule has 2 aromatic rings. The van der Waals surface area contributed by atoms with E-state index in [0.29, 0.717) is 30.3 Å². The van der Waals surface area contributed by atoms with Gasteiger partial charge >= 0.3 is 0 Å². The lowest BCUT2D eigenvalue weighted by molar-refractivity contribution is -0.145. The van der Waals surface area contributed by atoms with Crippen LogP contribution in [0.3, 0.4) is 0 Å². The zero-order chi connectivity index (χ0) is 23.0. The number of fused-ring (bicyclic) bond motifs is 2. The van der Waals surface area contributed by atoms with Gasteiger partial charge in [0.25, 0.3) is 0 Å². The zero-order valence-corrected chi connectivity index (χ0v) is 19.3. The number of hydrogen-bond acceptors (Lipinski definition) is 6. The standard InChI is InChI=1S/C25H29ClN4O3/c26-21-6-8-22(9-7-21)32-11-1-10-29-14-23-16-30(17-24(15-29)33-23)18-25(31)28-13-20-4-2-19(12-27)3-5-20/h2-9,23-24H,1,10-11,13-18H2,(H,28,31). The highest BCUT2D eigenvalue weighted by atomic mass is 35.5. The second kappa shape index (κ2) is 11.5. The molecule has 0 saturated carbocycles. The Labute approximate surface area is 199 Å². The molecule has 2 bridgehead atoms. The van der Waals surface area contributed by atoms with E-state index in [1.165, 1.54) is 0 Å². The summed E-state index contributed by atoms with van der Waals surface area (Å²) < 4.78 is 11.9. The van der Waals surface area contributed by atoms with Crippen LogP contribution in [-0.4, -0.2) is 73.8 Å². The molecular formula is C25H29ClN4O3. The molecule has 2 saturated heterocycles. The molecule has 2 aliphatic rings. The monoisotopic (exact) mass is 468 g/mol. The van der Waals surface area contributed by atoms with E-state index in [1.807, 2.05) is 36.4 Å². The fourth-order valence-corrected chi connectivity index (χ4v) is 4.46. The van der Waals surface area contributed by atoms with Crippen molar-refractivity contribution >= 4 is 17.5 Å². The maximum absolute atomic E-state index is 12.4. The second-order valence-electron chi connectivity index (χ2n) is 8.58. The van der Waals surface area contributed by atoms with Crippen LogP contribution in [0.25, 0.3) is 0 Å². The summed E-state index contributed by atoms with van der Waals surface area (Å²) in [6, 6.07) is 16.8. The predicted molar refractivity (Wildman–Crippen MR) is 126 cm³/mol. The average molecular weight is 469 g/mol. The quantitative estimate of drug-likeness (QED) is 0.570. The first-order chi connectivity index (χ1) is 16.1. The van der Waals surface area contributed by atoms with E-state index in [1.54, 1.807) is 12.1 Å². The number of nitrogens with one attached hydrogen (secondary N) is 1. The maximum atomic E-state index is 12.4. The Balaban J connectivity index is 1.14. The van der Waals surface area contributed by atoms with Crippen LogP contribution in [0.15, 0.2) is 48.5 Å². The molecule has 33 heavy (non-hydrogen) atoms. The lowest BCUT2D eigenvalue weighted by Crippen LogP contribution is -2.60. The molecule has 2 atom stereocenters. The summed E-state index contributed by atoms with van der Waals surface area (Å²) in [6.07, 6.45) is 1.20. The Morgan fingerprint density at radius 1 is 1.06 bits per heavy atom. The summed E-state index contributed by atoms with van der Waals surface area (Å²) in [4.78, 5) is 17.0. The third-order valence-electron chi connectivity index (χ3n) is 5.87. The van der Waals surface area contributed by atoms with E-state index < -0.39 is 0 Å². The minimum absolute atomic E-state index is 0.00976. The Hall–Kier alpha value is -2.63. The third-order valence-corrected chi connectivity index (χ3v) is 6.13. The average Bonchev–Trinajstić information content (AvgIpc) is 2.81. The molecule has 2 aromatic carbocycles. The summed E-state index contributed by atoms with van der Waals surface area (Å²) in [5.74, 6) is 0.849. The number of rotatable bonds is 9. The number of halogens is 1. The molecule has 7 nitrogen and oxygen atoms in total. The van der Waals surface area contributed by atoms with E-state index in [0.717, 1.165) is 50.5 Å². The van der Waals surface area contributed by atoms with Crippen molar-refractivity contribution in [1.82, 2.24) is 15.1 Å². The van der Waals surface area contributed by atoms with Gasteiger partial charge in [-0.2, -0.15) is 5.26 Å². The van der Waals surface area contributed by atoms with E-state index in [2.05, 4.69) is 21.2 Å². The van der Waals surface area contributed by atoms with Gasteiger partial charge in [-0.1, -0.05) is 23.7 Å². The number of carbonyl (C=O) groups excluding carboxylic acids is 1. The lowest BCUT2D eigenvalue weighted by Gasteiger charge is -2.45. The molecule has 2 heterocycles. The molecule has 0 spiro atoms. The summed E-state index contributed by atoms with van der Waals surface area (Å²) in [7, 11) is 0. The van der Waals surface area contributed by atoms with Crippen LogP contribution in [0.5, 0.6) is 5.75 Å². The molecule has 2 aliphatic heterocycles. The van der Waals surface area contributed by atoms with Crippen LogP contribution < -0.4 is 10.1 Å². The van der Waals surface area contributed by atoms with Gasteiger partial charge in [0, 0.05) is 44.3 Å². The number of nitrogens with zero attached hydrogens (tertiary/aromatic N) is 3. The topological polar surface area (TPSA) is 77.8 Å². The number of ether oxygens (including phenoxy) is 2. The third kappa shape index (κ3) is 7.18. The maximum Gasteiger partial charge on any atom is 0.234 e. The minimum Gasteiger partial charge on any atom is -0.494 e. The first-order valence-electron chi connectivity index (χ1n) is 11.3. The molecule has 0 aromatic heterocycles. The molecule has 2 unspecified atom stereocenters. The van der Waals surface area contributed by atoms with Crippen molar-refractivity contribution in [2.75, 3.05) is 45.9 Å². The van der Waals surface area contributed by atoms with Crippen LogP contribution in [0, 0.1) is 11.3 Å². The molecular weight excluding hydrogens is 440 g/mol. The van der Waals surface area contributed by atoms with Crippen molar-refractivity contribution in [3.63, 3.8) is 0 Å². The molecule has 0 radical (unpaired) electrons. The summed E-state index contributed by atoms with van der Waals surface area (Å²) in [5.41, 5.74) is 1.60. The van der Waals surface area contributed by atoms with Gasteiger partial charge in [-0.25, -0.2) is 0 Å². The summed E-state index contributed by atoms with van der Waals surface area (Å²) in [5, 5.41) is 12.6. The Morgan fingerprint density at radius 2 is 1.73 bits per heavy atom. The molecule has 8 heteroatoms. The van der Waals surface area contributed by atoms with Crippen molar-refractivity contribution in [3.8, 4) is 11.8 Å². The number of amides is 1. The predicted octanol–water partition coefficient (Wildman–Crippen LogP) is 2.68. The van der Waals surface area contributed by atoms with Gasteiger partial charge in [0.05, 0.1) is 37.0 Å². The Morgan fingerprint density at radius 3 is 2.39 bits per heavy atom. The number of morpholine rings is 2. The van der Waals surface area contributed by atoms with Gasteiger partial charge in [0.15, 0.2) is 0 Å².